The first-order valence-electron chi connectivity index (χ1n) is 4.79. The van der Waals surface area contributed by atoms with Crippen molar-refractivity contribution in [3.8, 4) is 6.07 Å². The SMILES string of the molecule is CSCCN(C)Cc1cccnc1C#N. The van der Waals surface area contributed by atoms with Gasteiger partial charge in [0.05, 0.1) is 0 Å². The van der Waals surface area contributed by atoms with Gasteiger partial charge in [-0.3, -0.25) is 0 Å². The molecule has 1 aromatic heterocycles. The zero-order chi connectivity index (χ0) is 11.1. The minimum atomic E-state index is 0.536. The average molecular weight is 221 g/mol. The highest BCUT2D eigenvalue weighted by Crippen LogP contribution is 2.07. The van der Waals surface area contributed by atoms with Gasteiger partial charge in [0.2, 0.25) is 0 Å². The Morgan fingerprint density at radius 3 is 3.07 bits per heavy atom. The van der Waals surface area contributed by atoms with Crippen molar-refractivity contribution in [3.05, 3.63) is 29.6 Å². The summed E-state index contributed by atoms with van der Waals surface area (Å²) in [6.45, 7) is 1.82. The lowest BCUT2D eigenvalue weighted by Crippen LogP contribution is -2.21. The van der Waals surface area contributed by atoms with Crippen LogP contribution in [0.3, 0.4) is 0 Å². The molecule has 1 heterocycles. The Kier molecular flexibility index (Phi) is 5.16. The number of nitrogens with zero attached hydrogens (tertiary/aromatic N) is 3. The van der Waals surface area contributed by atoms with Crippen LogP contribution in [-0.2, 0) is 6.54 Å². The van der Waals surface area contributed by atoms with Crippen molar-refractivity contribution in [1.82, 2.24) is 9.88 Å². The highest BCUT2D eigenvalue weighted by molar-refractivity contribution is 7.98. The first-order valence-corrected chi connectivity index (χ1v) is 6.18. The van der Waals surface area contributed by atoms with Crippen molar-refractivity contribution in [2.45, 2.75) is 6.54 Å². The lowest BCUT2D eigenvalue weighted by atomic mass is 10.2. The van der Waals surface area contributed by atoms with Crippen molar-refractivity contribution in [3.63, 3.8) is 0 Å². The molecule has 3 nitrogen and oxygen atoms in total. The number of nitriles is 1. The number of hydrogen-bond acceptors (Lipinski definition) is 4. The standard InChI is InChI=1S/C11H15N3S/c1-14(6-7-15-2)9-10-4-3-5-13-11(10)8-12/h3-5H,6-7,9H2,1-2H3. The van der Waals surface area contributed by atoms with Crippen molar-refractivity contribution < 1.29 is 0 Å². The minimum Gasteiger partial charge on any atom is -0.301 e. The number of pyridine rings is 1. The predicted molar refractivity (Wildman–Crippen MR) is 63.7 cm³/mol. The summed E-state index contributed by atoms with van der Waals surface area (Å²) in [6, 6.07) is 5.95. The molecule has 0 aliphatic carbocycles. The fourth-order valence-corrected chi connectivity index (χ4v) is 1.78. The van der Waals surface area contributed by atoms with Gasteiger partial charge in [-0.2, -0.15) is 17.0 Å². The fourth-order valence-electron chi connectivity index (χ4n) is 1.28. The molecule has 0 aromatic carbocycles. The Morgan fingerprint density at radius 2 is 2.40 bits per heavy atom. The van der Waals surface area contributed by atoms with Crippen molar-refractivity contribution >= 4 is 11.8 Å². The number of hydrogen-bond donors (Lipinski definition) is 0. The summed E-state index contributed by atoms with van der Waals surface area (Å²) < 4.78 is 0. The van der Waals surface area contributed by atoms with E-state index in [9.17, 15) is 0 Å². The maximum absolute atomic E-state index is 8.87. The lowest BCUT2D eigenvalue weighted by Gasteiger charge is -2.16. The third kappa shape index (κ3) is 3.90. The van der Waals surface area contributed by atoms with E-state index < -0.39 is 0 Å². The van der Waals surface area contributed by atoms with E-state index in [0.29, 0.717) is 5.69 Å². The van der Waals surface area contributed by atoms with Crippen LogP contribution in [0.15, 0.2) is 18.3 Å². The zero-order valence-corrected chi connectivity index (χ0v) is 9.92. The molecule has 0 aliphatic rings. The third-order valence-electron chi connectivity index (χ3n) is 2.11. The van der Waals surface area contributed by atoms with E-state index in [0.717, 1.165) is 24.4 Å². The molecule has 0 amide bonds. The summed E-state index contributed by atoms with van der Waals surface area (Å²) in [5.41, 5.74) is 1.54. The van der Waals surface area contributed by atoms with Crippen LogP contribution < -0.4 is 0 Å². The van der Waals surface area contributed by atoms with E-state index >= 15 is 0 Å². The van der Waals surface area contributed by atoms with Crippen LogP contribution in [0.25, 0.3) is 0 Å². The van der Waals surface area contributed by atoms with E-state index in [-0.39, 0.29) is 0 Å². The molecular formula is C11H15N3S. The number of rotatable bonds is 5. The van der Waals surface area contributed by atoms with E-state index in [1.807, 2.05) is 23.9 Å². The van der Waals surface area contributed by atoms with Crippen LogP contribution in [0.5, 0.6) is 0 Å². The molecule has 0 bridgehead atoms. The molecule has 1 rings (SSSR count). The number of aromatic nitrogens is 1. The molecule has 0 radical (unpaired) electrons. The zero-order valence-electron chi connectivity index (χ0n) is 9.10. The van der Waals surface area contributed by atoms with Crippen LogP contribution in [-0.4, -0.2) is 35.5 Å². The highest BCUT2D eigenvalue weighted by atomic mass is 32.2. The van der Waals surface area contributed by atoms with E-state index in [2.05, 4.69) is 29.3 Å². The second-order valence-corrected chi connectivity index (χ2v) is 4.34. The highest BCUT2D eigenvalue weighted by Gasteiger charge is 2.05. The van der Waals surface area contributed by atoms with Crippen LogP contribution in [0, 0.1) is 11.3 Å². The first-order chi connectivity index (χ1) is 7.27. The quantitative estimate of drug-likeness (QED) is 0.759. The molecule has 0 N–H and O–H groups in total. The molecule has 0 spiro atoms. The summed E-state index contributed by atoms with van der Waals surface area (Å²) in [5.74, 6) is 1.11. The van der Waals surface area contributed by atoms with Crippen molar-refractivity contribution in [2.24, 2.45) is 0 Å². The van der Waals surface area contributed by atoms with Crippen LogP contribution in [0.2, 0.25) is 0 Å². The van der Waals surface area contributed by atoms with E-state index in [1.54, 1.807) is 6.20 Å². The molecule has 4 heteroatoms. The predicted octanol–water partition coefficient (Wildman–Crippen LogP) is 1.75. The van der Waals surface area contributed by atoms with Gasteiger partial charge in [-0.05, 0) is 19.4 Å². The maximum atomic E-state index is 8.87. The normalized spacial score (nSPS) is 10.3. The summed E-state index contributed by atoms with van der Waals surface area (Å²) in [6.07, 6.45) is 3.75. The molecule has 0 saturated carbocycles. The fraction of sp³-hybridized carbons (Fsp3) is 0.455. The molecule has 0 aliphatic heterocycles. The summed E-state index contributed by atoms with van der Waals surface area (Å²) >= 11 is 1.83. The van der Waals surface area contributed by atoms with Gasteiger partial charge >= 0.3 is 0 Å². The molecule has 1 aromatic rings. The molecule has 0 fully saturated rings. The second kappa shape index (κ2) is 6.44. The van der Waals surface area contributed by atoms with E-state index in [1.165, 1.54) is 0 Å². The Bertz CT molecular complexity index is 346. The van der Waals surface area contributed by atoms with Crippen molar-refractivity contribution in [1.29, 1.82) is 5.26 Å². The minimum absolute atomic E-state index is 0.536. The molecule has 0 saturated heterocycles. The smallest absolute Gasteiger partial charge is 0.144 e. The Labute approximate surface area is 95.1 Å². The summed E-state index contributed by atoms with van der Waals surface area (Å²) in [4.78, 5) is 6.24. The molecule has 0 unspecified atom stereocenters. The van der Waals surface area contributed by atoms with Gasteiger partial charge in [0.25, 0.3) is 0 Å². The molecule has 15 heavy (non-hydrogen) atoms. The van der Waals surface area contributed by atoms with Gasteiger partial charge in [0.1, 0.15) is 11.8 Å². The van der Waals surface area contributed by atoms with Gasteiger partial charge in [-0.1, -0.05) is 6.07 Å². The van der Waals surface area contributed by atoms with Gasteiger partial charge in [0, 0.05) is 30.6 Å². The van der Waals surface area contributed by atoms with Gasteiger partial charge in [-0.15, -0.1) is 0 Å². The molecule has 80 valence electrons. The van der Waals surface area contributed by atoms with E-state index in [4.69, 9.17) is 5.26 Å². The van der Waals surface area contributed by atoms with Gasteiger partial charge in [-0.25, -0.2) is 4.98 Å². The van der Waals surface area contributed by atoms with Crippen LogP contribution >= 0.6 is 11.8 Å². The van der Waals surface area contributed by atoms with Crippen LogP contribution in [0.1, 0.15) is 11.3 Å². The largest absolute Gasteiger partial charge is 0.301 e. The lowest BCUT2D eigenvalue weighted by molar-refractivity contribution is 0.348. The second-order valence-electron chi connectivity index (χ2n) is 3.35. The molecular weight excluding hydrogens is 206 g/mol. The van der Waals surface area contributed by atoms with Crippen molar-refractivity contribution in [2.75, 3.05) is 25.6 Å². The first kappa shape index (κ1) is 12.0. The summed E-state index contributed by atoms with van der Waals surface area (Å²) in [7, 11) is 2.06. The monoisotopic (exact) mass is 221 g/mol. The van der Waals surface area contributed by atoms with Gasteiger partial charge < -0.3 is 4.90 Å². The van der Waals surface area contributed by atoms with Crippen LogP contribution in [0.4, 0.5) is 0 Å². The Morgan fingerprint density at radius 1 is 1.60 bits per heavy atom. The summed E-state index contributed by atoms with van der Waals surface area (Å²) in [5, 5.41) is 8.87. The topological polar surface area (TPSA) is 39.9 Å². The Balaban J connectivity index is 2.60. The Hall–Kier alpha value is -1.05. The maximum Gasteiger partial charge on any atom is 0.144 e. The third-order valence-corrected chi connectivity index (χ3v) is 2.71. The average Bonchev–Trinajstić information content (AvgIpc) is 2.27. The number of thioether (sulfide) groups is 1. The van der Waals surface area contributed by atoms with Gasteiger partial charge in [0.15, 0.2) is 0 Å². The molecule has 0 atom stereocenters.